The molecule has 0 spiro atoms. The second-order valence-electron chi connectivity index (χ2n) is 19.4. The minimum absolute atomic E-state index is 0.00782. The zero-order valence-corrected chi connectivity index (χ0v) is 61.6. The van der Waals surface area contributed by atoms with E-state index >= 15 is 0 Å². The third-order valence-electron chi connectivity index (χ3n) is 11.5. The number of nitrogens with two attached hydrogens (primary N) is 1. The summed E-state index contributed by atoms with van der Waals surface area (Å²) in [4.78, 5) is 21.5. The Morgan fingerprint density at radius 1 is 0.506 bits per heavy atom. The molecule has 0 aromatic heterocycles. The number of Topliss-reactive ketones (excluding diaryl/α,β-unsaturated/α-hetero) is 1. The summed E-state index contributed by atoms with van der Waals surface area (Å²) in [7, 11) is 0. The predicted octanol–water partition coefficient (Wildman–Crippen LogP) is 23.0. The highest BCUT2D eigenvalue weighted by Crippen LogP contribution is 2.34. The molecule has 0 saturated heterocycles. The molecule has 1 atom stereocenters. The highest BCUT2D eigenvalue weighted by molar-refractivity contribution is 9.11. The van der Waals surface area contributed by atoms with Gasteiger partial charge < -0.3 is 15.9 Å². The van der Waals surface area contributed by atoms with Crippen LogP contribution in [0.4, 0.5) is 0 Å². The SMILES string of the molecule is CC(=O)c1ccc(C(C)(C)C#N)c(Cl)c1.CC(C)(C#N)c1ccc(Br)cc1Cl.CC(N)c1ccc(C(C)(C)C#N)c(Cl)c1.Clc1cc(Br)ccc1CBr.N#CCc1ccc(Br)cc1Cl.O=C(O)c1ccc(Br)cc1Cl.OCc1ccc(Br)cc1Cl. The van der Waals surface area contributed by atoms with E-state index in [1.54, 1.807) is 68.4 Å². The molecule has 0 aliphatic carbocycles. The summed E-state index contributed by atoms with van der Waals surface area (Å²) in [5.74, 6) is -1.04. The van der Waals surface area contributed by atoms with Gasteiger partial charge in [-0.15, -0.1) is 0 Å². The van der Waals surface area contributed by atoms with Gasteiger partial charge in [-0.1, -0.05) is 225 Å². The Kier molecular flexibility index (Phi) is 36.3. The Morgan fingerprint density at radius 3 is 1.16 bits per heavy atom. The summed E-state index contributed by atoms with van der Waals surface area (Å²) in [5.41, 5.74) is 10.9. The molecule has 448 valence electrons. The van der Waals surface area contributed by atoms with Crippen molar-refractivity contribution in [2.75, 3.05) is 0 Å². The second kappa shape index (κ2) is 38.8. The van der Waals surface area contributed by atoms with E-state index in [9.17, 15) is 9.59 Å². The van der Waals surface area contributed by atoms with Crippen LogP contribution in [0.2, 0.25) is 35.2 Å². The number of ketones is 1. The van der Waals surface area contributed by atoms with Crippen molar-refractivity contribution in [2.24, 2.45) is 5.73 Å². The van der Waals surface area contributed by atoms with E-state index < -0.39 is 22.2 Å². The van der Waals surface area contributed by atoms with Crippen LogP contribution in [0.15, 0.2) is 150 Å². The van der Waals surface area contributed by atoms with E-state index in [-0.39, 0.29) is 29.0 Å². The first-order valence-electron chi connectivity index (χ1n) is 24.7. The van der Waals surface area contributed by atoms with Crippen molar-refractivity contribution in [3.63, 3.8) is 0 Å². The maximum atomic E-state index is 11.1. The molecule has 22 heteroatoms. The lowest BCUT2D eigenvalue weighted by atomic mass is 9.85. The largest absolute Gasteiger partial charge is 0.478 e. The molecule has 85 heavy (non-hydrogen) atoms. The van der Waals surface area contributed by atoms with Gasteiger partial charge in [0.15, 0.2) is 5.78 Å². The Morgan fingerprint density at radius 2 is 0.847 bits per heavy atom. The number of hydrogen-bond donors (Lipinski definition) is 3. The standard InChI is InChI=1S/C12H15ClN2.C12H12ClNO.C10H9BrClN.C8H5BrClN.C7H5Br2Cl.C7H4BrClO2.C7H6BrClO/c2*1-8(15)9-4-5-10(11(13)6-9)12(2,3)7-14;1-10(2,6-13)8-4-3-7(11)5-9(8)12;9-7-2-1-6(3-4-11)8(10)5-7;8-4-5-1-2-6(9)3-7(5)10;8-4-1-2-5(7(10)11)6(9)3-4;8-6-2-1-5(4-10)7(9)3-6/h4-6,8H,15H2,1-3H3;4-6H,1-3H3;3-5H,1-2H3;1-2,5H,3H2;1-3H,4H2;1-3H,(H,10,11);1-3,10H,4H2. The molecular formula is C63H56Br6Cl7N5O4. The Hall–Kier alpha value is -3.53. The molecule has 1 unspecified atom stereocenters. The number of carbonyl (C=O) groups excluding carboxylic acids is 1. The van der Waals surface area contributed by atoms with Gasteiger partial charge in [-0.2, -0.15) is 21.0 Å². The average molecular weight is 1670 g/mol. The zero-order chi connectivity index (χ0) is 65.2. The van der Waals surface area contributed by atoms with E-state index in [0.29, 0.717) is 37.1 Å². The molecule has 0 fully saturated rings. The van der Waals surface area contributed by atoms with Crippen LogP contribution >= 0.6 is 177 Å². The molecule has 7 aromatic carbocycles. The molecule has 0 heterocycles. The molecule has 7 rings (SSSR count). The fraction of sp³-hybridized carbons (Fsp3) is 0.238. The minimum Gasteiger partial charge on any atom is -0.478 e. The monoisotopic (exact) mass is 1660 g/mol. The number of nitriles is 4. The fourth-order valence-corrected chi connectivity index (χ4v) is 11.8. The highest BCUT2D eigenvalue weighted by atomic mass is 79.9. The second-order valence-corrected chi connectivity index (χ2v) is 27.4. The first-order valence-corrected chi connectivity index (χ1v) is 32.4. The molecule has 0 aliphatic rings. The maximum Gasteiger partial charge on any atom is 0.337 e. The molecule has 9 nitrogen and oxygen atoms in total. The number of nitrogens with zero attached hydrogens (tertiary/aromatic N) is 4. The maximum absolute atomic E-state index is 11.1. The van der Waals surface area contributed by atoms with Crippen LogP contribution in [0.1, 0.15) is 121 Å². The fourth-order valence-electron chi connectivity index (χ4n) is 6.43. The van der Waals surface area contributed by atoms with Crippen LogP contribution in [0, 0.1) is 45.3 Å². The summed E-state index contributed by atoms with van der Waals surface area (Å²) in [6.45, 7) is 14.4. The van der Waals surface area contributed by atoms with E-state index in [1.165, 1.54) is 13.0 Å². The number of aliphatic hydroxyl groups is 1. The van der Waals surface area contributed by atoms with Gasteiger partial charge in [-0.05, 0) is 173 Å². The number of aromatic carboxylic acids is 1. The molecule has 0 saturated carbocycles. The number of halogens is 13. The van der Waals surface area contributed by atoms with Crippen molar-refractivity contribution >= 4 is 189 Å². The van der Waals surface area contributed by atoms with Crippen LogP contribution in [-0.4, -0.2) is 22.0 Å². The number of aliphatic hydroxyl groups excluding tert-OH is 1. The Bertz CT molecular complexity index is 3550. The van der Waals surface area contributed by atoms with Crippen LogP contribution in [0.3, 0.4) is 0 Å². The predicted molar refractivity (Wildman–Crippen MR) is 372 cm³/mol. The number of alkyl halides is 1. The third kappa shape index (κ3) is 27.8. The first-order chi connectivity index (χ1) is 39.6. The lowest BCUT2D eigenvalue weighted by Gasteiger charge is -2.18. The van der Waals surface area contributed by atoms with Crippen LogP contribution in [0.25, 0.3) is 0 Å². The lowest BCUT2D eigenvalue weighted by Crippen LogP contribution is -2.15. The first kappa shape index (κ1) is 79.5. The summed E-state index contributed by atoms with van der Waals surface area (Å²) in [5, 5.41) is 57.4. The van der Waals surface area contributed by atoms with Crippen molar-refractivity contribution < 1.29 is 19.8 Å². The molecule has 0 aliphatic heterocycles. The van der Waals surface area contributed by atoms with Crippen molar-refractivity contribution in [2.45, 2.75) is 96.0 Å². The average Bonchev–Trinajstić information content (AvgIpc) is 3.49. The third-order valence-corrected chi connectivity index (χ3v) is 16.9. The van der Waals surface area contributed by atoms with E-state index in [0.717, 1.165) is 71.7 Å². The summed E-state index contributed by atoms with van der Waals surface area (Å²) in [6, 6.07) is 46.2. The number of hydrogen-bond acceptors (Lipinski definition) is 8. The molecule has 4 N–H and O–H groups in total. The number of carboxylic acids is 1. The highest BCUT2D eigenvalue weighted by Gasteiger charge is 2.25. The van der Waals surface area contributed by atoms with Gasteiger partial charge in [0.25, 0.3) is 0 Å². The van der Waals surface area contributed by atoms with Gasteiger partial charge in [-0.25, -0.2) is 4.79 Å². The van der Waals surface area contributed by atoms with Crippen molar-refractivity contribution in [1.82, 2.24) is 0 Å². The Balaban J connectivity index is 0.000000499. The number of benzene rings is 7. The molecule has 0 amide bonds. The normalized spacial score (nSPS) is 10.7. The smallest absolute Gasteiger partial charge is 0.337 e. The topological polar surface area (TPSA) is 196 Å². The van der Waals surface area contributed by atoms with Gasteiger partial charge in [0, 0.05) is 69.4 Å². The number of carboxylic acid groups (broad SMARTS) is 1. The molecule has 0 bridgehead atoms. The summed E-state index contributed by atoms with van der Waals surface area (Å²) >= 11 is 60.9. The number of carbonyl (C=O) groups is 2. The van der Waals surface area contributed by atoms with Crippen molar-refractivity contribution in [3.8, 4) is 24.3 Å². The van der Waals surface area contributed by atoms with Gasteiger partial charge in [0.05, 0.1) is 64.1 Å². The Labute approximate surface area is 584 Å². The summed E-state index contributed by atoms with van der Waals surface area (Å²) < 4.78 is 4.57. The van der Waals surface area contributed by atoms with E-state index in [4.69, 9.17) is 118 Å². The van der Waals surface area contributed by atoms with Crippen LogP contribution in [0.5, 0.6) is 0 Å². The van der Waals surface area contributed by atoms with Crippen LogP contribution in [-0.2, 0) is 34.6 Å². The van der Waals surface area contributed by atoms with Crippen molar-refractivity contribution in [3.05, 3.63) is 235 Å². The van der Waals surface area contributed by atoms with Gasteiger partial charge >= 0.3 is 5.97 Å². The molecular weight excluding hydrogens is 1620 g/mol. The van der Waals surface area contributed by atoms with Crippen LogP contribution < -0.4 is 5.73 Å². The number of rotatable bonds is 9. The van der Waals surface area contributed by atoms with Crippen molar-refractivity contribution in [1.29, 1.82) is 21.0 Å². The van der Waals surface area contributed by atoms with E-state index in [2.05, 4.69) is 114 Å². The van der Waals surface area contributed by atoms with E-state index in [1.807, 2.05) is 107 Å². The van der Waals surface area contributed by atoms with Gasteiger partial charge in [-0.3, -0.25) is 4.79 Å². The molecule has 0 radical (unpaired) electrons. The lowest BCUT2D eigenvalue weighted by molar-refractivity contribution is 0.0696. The molecule has 7 aromatic rings. The summed E-state index contributed by atoms with van der Waals surface area (Å²) in [6.07, 6.45) is 0.367. The quantitative estimate of drug-likeness (QED) is 0.0930. The zero-order valence-electron chi connectivity index (χ0n) is 46.8. The minimum atomic E-state index is -1.01. The van der Waals surface area contributed by atoms with Gasteiger partial charge in [0.1, 0.15) is 0 Å². The van der Waals surface area contributed by atoms with Gasteiger partial charge in [0.2, 0.25) is 0 Å².